The van der Waals surface area contributed by atoms with Crippen molar-refractivity contribution in [1.82, 2.24) is 0 Å². The molecule has 0 radical (unpaired) electrons. The Morgan fingerprint density at radius 3 is 2.00 bits per heavy atom. The first kappa shape index (κ1) is 9.35. The minimum absolute atomic E-state index is 0. The normalized spacial score (nSPS) is 6.00. The summed E-state index contributed by atoms with van der Waals surface area (Å²) in [6.45, 7) is 2.60. The Kier molecular flexibility index (Phi) is 16.6. The van der Waals surface area contributed by atoms with Gasteiger partial charge in [0.15, 0.2) is 0 Å². The summed E-state index contributed by atoms with van der Waals surface area (Å²) < 4.78 is 4.29. The van der Waals surface area contributed by atoms with Gasteiger partial charge in [0.2, 0.25) is 0 Å². The fourth-order valence-corrected chi connectivity index (χ4v) is 0. The number of hydrogen-bond acceptors (Lipinski definition) is 1. The van der Waals surface area contributed by atoms with Crippen molar-refractivity contribution in [1.29, 1.82) is 0 Å². The van der Waals surface area contributed by atoms with Gasteiger partial charge in [-0.1, -0.05) is 0 Å². The van der Waals surface area contributed by atoms with Gasteiger partial charge < -0.3 is 4.74 Å². The second-order valence-electron chi connectivity index (χ2n) is 0.493. The summed E-state index contributed by atoms with van der Waals surface area (Å²) >= 11 is 0. The fraction of sp³-hybridized carbons (Fsp3) is 0.667. The van der Waals surface area contributed by atoms with Crippen LogP contribution in [-0.4, -0.2) is 6.61 Å². The zero-order chi connectivity index (χ0) is 3.41. The molecule has 0 saturated heterocycles. The molecule has 1 nitrogen and oxygen atoms in total. The van der Waals surface area contributed by atoms with Crippen molar-refractivity contribution >= 4 is 0 Å². The maximum atomic E-state index is 4.29. The molecule has 0 aromatic heterocycles. The van der Waals surface area contributed by atoms with Crippen LogP contribution in [0.2, 0.25) is 0 Å². The topological polar surface area (TPSA) is 9.23 Å². The van der Waals surface area contributed by atoms with Gasteiger partial charge in [-0.2, -0.15) is 0 Å². The van der Waals surface area contributed by atoms with Crippen LogP contribution in [0.5, 0.6) is 0 Å². The molecule has 0 bridgehead atoms. The molecule has 0 atom stereocenters. The molecule has 0 rings (SSSR count). The van der Waals surface area contributed by atoms with E-state index in [0.29, 0.717) is 6.61 Å². The SMILES string of the molecule is [CH2-]OCC.[Na+]. The quantitative estimate of drug-likeness (QED) is 0.258. The Bertz CT molecular complexity index is 8.85. The van der Waals surface area contributed by atoms with Crippen molar-refractivity contribution in [2.45, 2.75) is 6.92 Å². The maximum absolute atomic E-state index is 4.29. The van der Waals surface area contributed by atoms with E-state index in [2.05, 4.69) is 11.8 Å². The number of ether oxygens (including phenoxy) is 1. The van der Waals surface area contributed by atoms with Crippen LogP contribution in [0.15, 0.2) is 0 Å². The number of rotatable bonds is 1. The van der Waals surface area contributed by atoms with Gasteiger partial charge in [0.05, 0.1) is 0 Å². The first-order chi connectivity index (χ1) is 1.91. The summed E-state index contributed by atoms with van der Waals surface area (Å²) in [4.78, 5) is 0. The summed E-state index contributed by atoms with van der Waals surface area (Å²) in [6.07, 6.45) is 0. The third-order valence-corrected chi connectivity index (χ3v) is 0.204. The predicted molar refractivity (Wildman–Crippen MR) is 17.0 cm³/mol. The van der Waals surface area contributed by atoms with Gasteiger partial charge in [-0.3, -0.25) is 0 Å². The minimum Gasteiger partial charge on any atom is -0.555 e. The Morgan fingerprint density at radius 2 is 2.00 bits per heavy atom. The van der Waals surface area contributed by atoms with Gasteiger partial charge in [0.25, 0.3) is 0 Å². The van der Waals surface area contributed by atoms with E-state index in [4.69, 9.17) is 0 Å². The average molecular weight is 82.1 g/mol. The third-order valence-electron chi connectivity index (χ3n) is 0.204. The Morgan fingerprint density at radius 1 is 1.80 bits per heavy atom. The molecule has 0 heterocycles. The van der Waals surface area contributed by atoms with Gasteiger partial charge in [-0.05, 0) is 6.92 Å². The molecule has 0 aliphatic heterocycles. The van der Waals surface area contributed by atoms with E-state index in [-0.39, 0.29) is 29.6 Å². The minimum atomic E-state index is 0. The Hall–Kier alpha value is 0.960. The smallest absolute Gasteiger partial charge is 0.555 e. The van der Waals surface area contributed by atoms with Crippen LogP contribution in [0, 0.1) is 7.11 Å². The van der Waals surface area contributed by atoms with E-state index < -0.39 is 0 Å². The van der Waals surface area contributed by atoms with Gasteiger partial charge >= 0.3 is 29.6 Å². The second kappa shape index (κ2) is 8.88. The van der Waals surface area contributed by atoms with Gasteiger partial charge in [0, 0.05) is 6.61 Å². The van der Waals surface area contributed by atoms with Gasteiger partial charge in [-0.25, -0.2) is 7.11 Å². The van der Waals surface area contributed by atoms with Crippen molar-refractivity contribution in [3.63, 3.8) is 0 Å². The molecule has 0 N–H and O–H groups in total. The molecule has 0 saturated carbocycles. The Labute approximate surface area is 55.0 Å². The van der Waals surface area contributed by atoms with Crippen LogP contribution in [0.25, 0.3) is 0 Å². The summed E-state index contributed by atoms with van der Waals surface area (Å²) in [5, 5.41) is 0. The molecular weight excluding hydrogens is 75.0 g/mol. The van der Waals surface area contributed by atoms with Crippen LogP contribution < -0.4 is 29.6 Å². The van der Waals surface area contributed by atoms with Crippen LogP contribution in [0.1, 0.15) is 6.92 Å². The van der Waals surface area contributed by atoms with E-state index in [0.717, 1.165) is 0 Å². The van der Waals surface area contributed by atoms with E-state index in [1.165, 1.54) is 0 Å². The zero-order valence-electron chi connectivity index (χ0n) is 3.82. The van der Waals surface area contributed by atoms with Gasteiger partial charge in [0.1, 0.15) is 0 Å². The predicted octanol–water partition coefficient (Wildman–Crippen LogP) is -2.18. The molecule has 26 valence electrons. The van der Waals surface area contributed by atoms with Crippen LogP contribution in [0.3, 0.4) is 0 Å². The molecule has 0 aromatic rings. The van der Waals surface area contributed by atoms with Crippen LogP contribution >= 0.6 is 0 Å². The average Bonchev–Trinajstić information content (AvgIpc) is 1.37. The summed E-state index contributed by atoms with van der Waals surface area (Å²) in [5.41, 5.74) is 0. The van der Waals surface area contributed by atoms with Crippen LogP contribution in [-0.2, 0) is 4.74 Å². The molecule has 5 heavy (non-hydrogen) atoms. The molecule has 0 spiro atoms. The summed E-state index contributed by atoms with van der Waals surface area (Å²) in [6, 6.07) is 0. The molecule has 2 heteroatoms. The first-order valence-corrected chi connectivity index (χ1v) is 1.28. The van der Waals surface area contributed by atoms with Crippen molar-refractivity contribution in [3.8, 4) is 0 Å². The summed E-state index contributed by atoms with van der Waals surface area (Å²) in [7, 11) is 3.10. The first-order valence-electron chi connectivity index (χ1n) is 1.28. The molecule has 0 unspecified atom stereocenters. The van der Waals surface area contributed by atoms with Crippen molar-refractivity contribution in [2.24, 2.45) is 0 Å². The number of hydrogen-bond donors (Lipinski definition) is 0. The monoisotopic (exact) mass is 82.0 g/mol. The van der Waals surface area contributed by atoms with Crippen molar-refractivity contribution < 1.29 is 34.3 Å². The van der Waals surface area contributed by atoms with E-state index in [1.807, 2.05) is 6.92 Å². The standard InChI is InChI=1S/C3H7O.Na/c1-3-4-2;/h2-3H2,1H3;/q-1;+1. The Balaban J connectivity index is 0. The molecule has 0 aliphatic rings. The molecule has 0 amide bonds. The van der Waals surface area contributed by atoms with E-state index in [1.54, 1.807) is 0 Å². The van der Waals surface area contributed by atoms with E-state index in [9.17, 15) is 0 Å². The van der Waals surface area contributed by atoms with Crippen molar-refractivity contribution in [3.05, 3.63) is 7.11 Å². The molecule has 0 aliphatic carbocycles. The fourth-order valence-electron chi connectivity index (χ4n) is 0. The maximum Gasteiger partial charge on any atom is 1.00 e. The molecule has 0 aromatic carbocycles. The molecule has 0 fully saturated rings. The molecular formula is C3H7NaO. The van der Waals surface area contributed by atoms with Crippen LogP contribution in [0.4, 0.5) is 0 Å². The summed E-state index contributed by atoms with van der Waals surface area (Å²) in [5.74, 6) is 0. The van der Waals surface area contributed by atoms with E-state index >= 15 is 0 Å². The second-order valence-corrected chi connectivity index (χ2v) is 0.493. The van der Waals surface area contributed by atoms with Gasteiger partial charge in [-0.15, -0.1) is 0 Å². The largest absolute Gasteiger partial charge is 1.00 e. The van der Waals surface area contributed by atoms with Crippen molar-refractivity contribution in [2.75, 3.05) is 6.61 Å². The zero-order valence-corrected chi connectivity index (χ0v) is 5.82. The third kappa shape index (κ3) is 11.3.